The lowest BCUT2D eigenvalue weighted by Gasteiger charge is -2.12. The van der Waals surface area contributed by atoms with Crippen LogP contribution in [0.4, 0.5) is 0 Å². The Hall–Kier alpha value is -3.16. The molecular weight excluding hydrogens is 306 g/mol. The molecule has 0 unspecified atom stereocenters. The monoisotopic (exact) mass is 325 g/mol. The van der Waals surface area contributed by atoms with Gasteiger partial charge in [-0.2, -0.15) is 0 Å². The van der Waals surface area contributed by atoms with Crippen LogP contribution in [0.1, 0.15) is 11.4 Å². The van der Waals surface area contributed by atoms with Crippen molar-refractivity contribution in [2.45, 2.75) is 13.1 Å². The fraction of sp³-hybridized carbons (Fsp3) is 0.250. The molecule has 0 atom stereocenters. The number of fused-ring (bicyclic) bond motifs is 1. The van der Waals surface area contributed by atoms with Crippen molar-refractivity contribution < 1.29 is 4.74 Å². The van der Waals surface area contributed by atoms with Gasteiger partial charge >= 0.3 is 0 Å². The average Bonchev–Trinajstić information content (AvgIpc) is 3.05. The highest BCUT2D eigenvalue weighted by molar-refractivity contribution is 5.79. The third kappa shape index (κ3) is 3.43. The molecule has 0 bridgehead atoms. The van der Waals surface area contributed by atoms with Crippen molar-refractivity contribution in [1.82, 2.24) is 30.2 Å². The van der Waals surface area contributed by atoms with Crippen molar-refractivity contribution >= 4 is 11.6 Å². The Morgan fingerprint density at radius 1 is 1.17 bits per heavy atom. The van der Waals surface area contributed by atoms with Crippen molar-refractivity contribution in [2.75, 3.05) is 14.2 Å². The van der Waals surface area contributed by atoms with Crippen LogP contribution in [0.15, 0.2) is 47.7 Å². The van der Waals surface area contributed by atoms with E-state index in [2.05, 4.69) is 30.8 Å². The van der Waals surface area contributed by atoms with Gasteiger partial charge in [-0.1, -0.05) is 12.1 Å². The highest BCUT2D eigenvalue weighted by atomic mass is 16.5. The number of pyridine rings is 2. The lowest BCUT2D eigenvalue weighted by atomic mass is 10.2. The topological polar surface area (TPSA) is 88.7 Å². The van der Waals surface area contributed by atoms with Crippen LogP contribution in [0.25, 0.3) is 5.65 Å². The fourth-order valence-electron chi connectivity index (χ4n) is 2.32. The summed E-state index contributed by atoms with van der Waals surface area (Å²) < 4.78 is 7.18. The van der Waals surface area contributed by atoms with Crippen LogP contribution >= 0.6 is 0 Å². The molecule has 0 radical (unpaired) electrons. The van der Waals surface area contributed by atoms with Gasteiger partial charge in [-0.15, -0.1) is 10.2 Å². The number of nitrogens with zero attached hydrogens (tertiary/aromatic N) is 5. The minimum Gasteiger partial charge on any atom is -0.481 e. The van der Waals surface area contributed by atoms with E-state index < -0.39 is 0 Å². The van der Waals surface area contributed by atoms with Crippen LogP contribution in [0.5, 0.6) is 5.88 Å². The van der Waals surface area contributed by atoms with Crippen molar-refractivity contribution in [3.05, 3.63) is 54.1 Å². The number of methoxy groups -OCH3 is 1. The first-order chi connectivity index (χ1) is 11.8. The molecule has 8 nitrogen and oxygen atoms in total. The predicted octanol–water partition coefficient (Wildman–Crippen LogP) is 0.998. The number of ether oxygens (including phenoxy) is 1. The van der Waals surface area contributed by atoms with E-state index in [0.29, 0.717) is 24.9 Å². The molecule has 0 aliphatic heterocycles. The molecule has 2 N–H and O–H groups in total. The van der Waals surface area contributed by atoms with E-state index in [-0.39, 0.29) is 0 Å². The third-order valence-electron chi connectivity index (χ3n) is 3.51. The van der Waals surface area contributed by atoms with Gasteiger partial charge in [-0.3, -0.25) is 9.39 Å². The van der Waals surface area contributed by atoms with Crippen molar-refractivity contribution in [3.63, 3.8) is 0 Å². The van der Waals surface area contributed by atoms with Crippen LogP contribution < -0.4 is 15.4 Å². The van der Waals surface area contributed by atoms with Crippen molar-refractivity contribution in [2.24, 2.45) is 4.99 Å². The molecular formula is C16H19N7O. The largest absolute Gasteiger partial charge is 0.481 e. The first-order valence-electron chi connectivity index (χ1n) is 7.53. The Kier molecular flexibility index (Phi) is 4.85. The Morgan fingerprint density at radius 2 is 2.04 bits per heavy atom. The highest BCUT2D eigenvalue weighted by Gasteiger charge is 2.07. The quantitative estimate of drug-likeness (QED) is 0.537. The van der Waals surface area contributed by atoms with Gasteiger partial charge in [0.1, 0.15) is 0 Å². The van der Waals surface area contributed by atoms with Crippen molar-refractivity contribution in [3.8, 4) is 5.88 Å². The molecule has 0 spiro atoms. The fourth-order valence-corrected chi connectivity index (χ4v) is 2.32. The number of guanidine groups is 1. The molecule has 8 heteroatoms. The Balaban J connectivity index is 1.61. The van der Waals surface area contributed by atoms with Gasteiger partial charge in [0.2, 0.25) is 5.88 Å². The smallest absolute Gasteiger partial charge is 0.218 e. The van der Waals surface area contributed by atoms with Gasteiger partial charge in [0.15, 0.2) is 17.4 Å². The van der Waals surface area contributed by atoms with E-state index in [0.717, 1.165) is 17.0 Å². The second-order valence-electron chi connectivity index (χ2n) is 5.00. The molecule has 3 aromatic heterocycles. The van der Waals surface area contributed by atoms with Gasteiger partial charge in [-0.25, -0.2) is 4.98 Å². The first kappa shape index (κ1) is 15.7. The van der Waals surface area contributed by atoms with E-state index in [4.69, 9.17) is 4.74 Å². The van der Waals surface area contributed by atoms with Gasteiger partial charge in [-0.05, 0) is 18.2 Å². The second kappa shape index (κ2) is 7.40. The van der Waals surface area contributed by atoms with Crippen LogP contribution in [0, 0.1) is 0 Å². The molecule has 0 saturated carbocycles. The zero-order valence-electron chi connectivity index (χ0n) is 13.6. The van der Waals surface area contributed by atoms with Gasteiger partial charge in [0.25, 0.3) is 0 Å². The van der Waals surface area contributed by atoms with Crippen molar-refractivity contribution in [1.29, 1.82) is 0 Å². The third-order valence-corrected chi connectivity index (χ3v) is 3.51. The number of aliphatic imine (C=N–C) groups is 1. The maximum atomic E-state index is 5.25. The summed E-state index contributed by atoms with van der Waals surface area (Å²) in [5.74, 6) is 2.07. The summed E-state index contributed by atoms with van der Waals surface area (Å²) in [7, 11) is 3.33. The number of nitrogens with one attached hydrogen (secondary N) is 2. The second-order valence-corrected chi connectivity index (χ2v) is 5.00. The maximum Gasteiger partial charge on any atom is 0.218 e. The molecule has 0 aliphatic carbocycles. The SMILES string of the molecule is CN=C(NCc1cccnc1OC)NCc1nnc2ccccn12. The summed E-state index contributed by atoms with van der Waals surface area (Å²) in [5.41, 5.74) is 1.77. The molecule has 124 valence electrons. The Morgan fingerprint density at radius 3 is 2.88 bits per heavy atom. The van der Waals surface area contributed by atoms with E-state index in [9.17, 15) is 0 Å². The number of hydrogen-bond acceptors (Lipinski definition) is 5. The summed E-state index contributed by atoms with van der Waals surface area (Å²) in [6.07, 6.45) is 3.63. The minimum absolute atomic E-state index is 0.509. The zero-order valence-corrected chi connectivity index (χ0v) is 13.6. The lowest BCUT2D eigenvalue weighted by molar-refractivity contribution is 0.392. The van der Waals surface area contributed by atoms with E-state index in [1.54, 1.807) is 20.4 Å². The molecule has 3 rings (SSSR count). The first-order valence-corrected chi connectivity index (χ1v) is 7.53. The Labute approximate surface area is 139 Å². The molecule has 3 aromatic rings. The number of hydrogen-bond donors (Lipinski definition) is 2. The van der Waals surface area contributed by atoms with Gasteiger partial charge in [0, 0.05) is 31.5 Å². The van der Waals surface area contributed by atoms with Gasteiger partial charge in [0.05, 0.1) is 13.7 Å². The number of rotatable bonds is 5. The minimum atomic E-state index is 0.509. The standard InChI is InChI=1S/C16H19N7O/c1-17-16(19-10-12-6-5-8-18-15(12)24-2)20-11-14-22-21-13-7-3-4-9-23(13)14/h3-9H,10-11H2,1-2H3,(H2,17,19,20). The van der Waals surface area contributed by atoms with Crippen LogP contribution in [-0.4, -0.2) is 39.7 Å². The normalized spacial score (nSPS) is 11.5. The molecule has 0 aromatic carbocycles. The molecule has 0 amide bonds. The summed E-state index contributed by atoms with van der Waals surface area (Å²) in [4.78, 5) is 8.39. The van der Waals surface area contributed by atoms with Crippen LogP contribution in [0.3, 0.4) is 0 Å². The molecule has 3 heterocycles. The summed E-state index contributed by atoms with van der Waals surface area (Å²) in [5, 5.41) is 14.8. The highest BCUT2D eigenvalue weighted by Crippen LogP contribution is 2.12. The van der Waals surface area contributed by atoms with Gasteiger partial charge < -0.3 is 15.4 Å². The summed E-state index contributed by atoms with van der Waals surface area (Å²) in [6, 6.07) is 9.62. The van der Waals surface area contributed by atoms with Crippen LogP contribution in [0.2, 0.25) is 0 Å². The average molecular weight is 325 g/mol. The van der Waals surface area contributed by atoms with E-state index in [1.807, 2.05) is 40.9 Å². The summed E-state index contributed by atoms with van der Waals surface area (Å²) >= 11 is 0. The lowest BCUT2D eigenvalue weighted by Crippen LogP contribution is -2.36. The molecule has 0 aliphatic rings. The van der Waals surface area contributed by atoms with Crippen LogP contribution in [-0.2, 0) is 13.1 Å². The molecule has 24 heavy (non-hydrogen) atoms. The Bertz CT molecular complexity index is 843. The summed E-state index contributed by atoms with van der Waals surface area (Å²) in [6.45, 7) is 1.06. The maximum absolute atomic E-state index is 5.25. The molecule has 0 fully saturated rings. The predicted molar refractivity (Wildman–Crippen MR) is 90.8 cm³/mol. The number of aromatic nitrogens is 4. The zero-order chi connectivity index (χ0) is 16.8. The molecule has 0 saturated heterocycles. The van der Waals surface area contributed by atoms with E-state index in [1.165, 1.54) is 0 Å². The van der Waals surface area contributed by atoms with E-state index >= 15 is 0 Å².